The number of hydrogen-bond donors (Lipinski definition) is 0. The number of hydrogen-bond acceptors (Lipinski definition) is 3. The third kappa shape index (κ3) is 2.79. The Bertz CT molecular complexity index is 687. The molecule has 1 aromatic heterocycles. The Morgan fingerprint density at radius 3 is 2.27 bits per heavy atom. The Labute approximate surface area is 136 Å². The summed E-state index contributed by atoms with van der Waals surface area (Å²) in [5, 5.41) is 0.707. The van der Waals surface area contributed by atoms with Gasteiger partial charge in [-0.25, -0.2) is 0 Å². The highest BCUT2D eigenvalue weighted by Crippen LogP contribution is 2.36. The van der Waals surface area contributed by atoms with Crippen molar-refractivity contribution < 1.29 is 9.31 Å². The molecule has 1 saturated heterocycles. The maximum absolute atomic E-state index is 6.08. The first-order valence-corrected chi connectivity index (χ1v) is 7.73. The molecule has 0 radical (unpaired) electrons. The van der Waals surface area contributed by atoms with Gasteiger partial charge in [0.2, 0.25) is 0 Å². The second-order valence-electron chi connectivity index (χ2n) is 6.61. The predicted molar refractivity (Wildman–Crippen MR) is 90.4 cm³/mol. The minimum Gasteiger partial charge on any atom is -0.399 e. The highest BCUT2D eigenvalue weighted by atomic mass is 35.5. The molecule has 0 amide bonds. The zero-order valence-corrected chi connectivity index (χ0v) is 14.0. The zero-order valence-electron chi connectivity index (χ0n) is 13.3. The van der Waals surface area contributed by atoms with Crippen molar-refractivity contribution in [3.63, 3.8) is 0 Å². The smallest absolute Gasteiger partial charge is 0.399 e. The van der Waals surface area contributed by atoms with Gasteiger partial charge in [-0.05, 0) is 51.0 Å². The minimum absolute atomic E-state index is 0.357. The average molecular weight is 316 g/mol. The van der Waals surface area contributed by atoms with Crippen LogP contribution in [0.25, 0.3) is 11.1 Å². The molecular weight excluding hydrogens is 296 g/mol. The lowest BCUT2D eigenvalue weighted by Crippen LogP contribution is -2.41. The number of aromatic nitrogens is 1. The Morgan fingerprint density at radius 1 is 0.955 bits per heavy atom. The van der Waals surface area contributed by atoms with E-state index in [2.05, 4.69) is 4.98 Å². The van der Waals surface area contributed by atoms with Crippen molar-refractivity contribution in [3.05, 3.63) is 47.7 Å². The molecule has 0 N–H and O–H groups in total. The summed E-state index contributed by atoms with van der Waals surface area (Å²) in [5.41, 5.74) is 2.22. The van der Waals surface area contributed by atoms with Crippen molar-refractivity contribution in [1.82, 2.24) is 4.98 Å². The molecule has 0 aliphatic carbocycles. The van der Waals surface area contributed by atoms with E-state index in [4.69, 9.17) is 20.9 Å². The Kier molecular flexibility index (Phi) is 3.80. The molecule has 114 valence electrons. The van der Waals surface area contributed by atoms with Gasteiger partial charge in [0.25, 0.3) is 0 Å². The molecule has 3 nitrogen and oxygen atoms in total. The quantitative estimate of drug-likeness (QED) is 0.792. The topological polar surface area (TPSA) is 31.4 Å². The van der Waals surface area contributed by atoms with Gasteiger partial charge < -0.3 is 9.31 Å². The van der Waals surface area contributed by atoms with E-state index in [1.165, 1.54) is 0 Å². The number of pyridine rings is 1. The van der Waals surface area contributed by atoms with E-state index in [0.717, 1.165) is 16.6 Å². The molecule has 3 rings (SSSR count). The van der Waals surface area contributed by atoms with Crippen molar-refractivity contribution >= 4 is 24.2 Å². The maximum Gasteiger partial charge on any atom is 0.496 e. The van der Waals surface area contributed by atoms with Gasteiger partial charge in [0.1, 0.15) is 0 Å². The summed E-state index contributed by atoms with van der Waals surface area (Å²) in [6.07, 6.45) is 3.61. The van der Waals surface area contributed by atoms with Crippen molar-refractivity contribution in [3.8, 4) is 11.1 Å². The van der Waals surface area contributed by atoms with E-state index in [9.17, 15) is 0 Å². The van der Waals surface area contributed by atoms with Crippen LogP contribution in [0.15, 0.2) is 42.7 Å². The second-order valence-corrected chi connectivity index (χ2v) is 7.04. The summed E-state index contributed by atoms with van der Waals surface area (Å²) in [6, 6.07) is 9.76. The minimum atomic E-state index is -0.406. The van der Waals surface area contributed by atoms with E-state index < -0.39 is 7.12 Å². The average Bonchev–Trinajstić information content (AvgIpc) is 2.68. The van der Waals surface area contributed by atoms with Crippen molar-refractivity contribution in [1.29, 1.82) is 0 Å². The first-order chi connectivity index (χ1) is 10.3. The summed E-state index contributed by atoms with van der Waals surface area (Å²) in [4.78, 5) is 4.33. The van der Waals surface area contributed by atoms with E-state index in [0.29, 0.717) is 5.02 Å². The van der Waals surface area contributed by atoms with Crippen LogP contribution in [0, 0.1) is 0 Å². The molecule has 0 bridgehead atoms. The number of benzene rings is 1. The van der Waals surface area contributed by atoms with Gasteiger partial charge in [-0.15, -0.1) is 0 Å². The Morgan fingerprint density at radius 2 is 1.64 bits per heavy atom. The molecule has 2 heterocycles. The van der Waals surface area contributed by atoms with Gasteiger partial charge in [-0.1, -0.05) is 29.8 Å². The Hall–Kier alpha value is -1.36. The molecular formula is C17H19BClNO2. The largest absolute Gasteiger partial charge is 0.496 e. The van der Waals surface area contributed by atoms with Gasteiger partial charge in [-0.3, -0.25) is 4.98 Å². The predicted octanol–water partition coefficient (Wildman–Crippen LogP) is 3.70. The Balaban J connectivity index is 1.93. The van der Waals surface area contributed by atoms with Crippen LogP contribution in [-0.2, 0) is 9.31 Å². The van der Waals surface area contributed by atoms with Gasteiger partial charge in [-0.2, -0.15) is 0 Å². The number of nitrogens with zero attached hydrogens (tertiary/aromatic N) is 1. The molecule has 0 spiro atoms. The van der Waals surface area contributed by atoms with Crippen LogP contribution in [0.3, 0.4) is 0 Å². The first kappa shape index (κ1) is 15.5. The molecule has 2 aromatic rings. The van der Waals surface area contributed by atoms with Gasteiger partial charge in [0.05, 0.1) is 11.2 Å². The molecule has 0 atom stereocenters. The summed E-state index contributed by atoms with van der Waals surface area (Å²) in [7, 11) is -0.406. The van der Waals surface area contributed by atoms with Crippen LogP contribution in [0.4, 0.5) is 0 Å². The highest BCUT2D eigenvalue weighted by Gasteiger charge is 2.51. The normalized spacial score (nSPS) is 19.4. The lowest BCUT2D eigenvalue weighted by molar-refractivity contribution is 0.00578. The fraction of sp³-hybridized carbons (Fsp3) is 0.353. The van der Waals surface area contributed by atoms with Crippen LogP contribution in [0.1, 0.15) is 27.7 Å². The lowest BCUT2D eigenvalue weighted by Gasteiger charge is -2.32. The standard InChI is InChI=1S/C17H19BClNO2/c1-16(2)17(3,4)22-18(21-16)14-8-13(10-20-11-14)12-6-5-7-15(19)9-12/h5-11H,1-4H3. The molecule has 1 fully saturated rings. The fourth-order valence-corrected chi connectivity index (χ4v) is 2.58. The molecule has 5 heteroatoms. The summed E-state index contributed by atoms with van der Waals surface area (Å²) in [5.74, 6) is 0. The number of halogens is 1. The molecule has 0 saturated carbocycles. The van der Waals surface area contributed by atoms with Crippen LogP contribution in [-0.4, -0.2) is 23.3 Å². The number of rotatable bonds is 2. The van der Waals surface area contributed by atoms with E-state index >= 15 is 0 Å². The molecule has 1 aliphatic heterocycles. The highest BCUT2D eigenvalue weighted by molar-refractivity contribution is 6.62. The maximum atomic E-state index is 6.08. The molecule has 1 aliphatic rings. The van der Waals surface area contributed by atoms with Crippen LogP contribution in [0.2, 0.25) is 5.02 Å². The molecule has 0 unspecified atom stereocenters. The monoisotopic (exact) mass is 315 g/mol. The van der Waals surface area contributed by atoms with Gasteiger partial charge >= 0.3 is 7.12 Å². The van der Waals surface area contributed by atoms with E-state index in [1.807, 2.05) is 64.2 Å². The summed E-state index contributed by atoms with van der Waals surface area (Å²) in [6.45, 7) is 8.17. The zero-order chi connectivity index (χ0) is 16.0. The first-order valence-electron chi connectivity index (χ1n) is 7.35. The lowest BCUT2D eigenvalue weighted by atomic mass is 9.79. The van der Waals surface area contributed by atoms with Crippen LogP contribution in [0.5, 0.6) is 0 Å². The van der Waals surface area contributed by atoms with E-state index in [1.54, 1.807) is 6.20 Å². The molecule has 1 aromatic carbocycles. The molecule has 22 heavy (non-hydrogen) atoms. The second kappa shape index (κ2) is 5.37. The summed E-state index contributed by atoms with van der Waals surface area (Å²) < 4.78 is 12.2. The van der Waals surface area contributed by atoms with Crippen molar-refractivity contribution in [2.75, 3.05) is 0 Å². The SMILES string of the molecule is CC1(C)OB(c2cncc(-c3cccc(Cl)c3)c2)OC1(C)C. The van der Waals surface area contributed by atoms with Gasteiger partial charge in [0.15, 0.2) is 0 Å². The third-order valence-electron chi connectivity index (χ3n) is 4.44. The van der Waals surface area contributed by atoms with E-state index in [-0.39, 0.29) is 11.2 Å². The fourth-order valence-electron chi connectivity index (χ4n) is 2.39. The van der Waals surface area contributed by atoms with Crippen molar-refractivity contribution in [2.45, 2.75) is 38.9 Å². The van der Waals surface area contributed by atoms with Crippen LogP contribution >= 0.6 is 11.6 Å². The third-order valence-corrected chi connectivity index (χ3v) is 4.68. The van der Waals surface area contributed by atoms with Crippen LogP contribution < -0.4 is 5.46 Å². The summed E-state index contributed by atoms with van der Waals surface area (Å²) >= 11 is 6.07. The van der Waals surface area contributed by atoms with Gasteiger partial charge in [0, 0.05) is 22.9 Å². The van der Waals surface area contributed by atoms with Crippen molar-refractivity contribution in [2.24, 2.45) is 0 Å².